The summed E-state index contributed by atoms with van der Waals surface area (Å²) < 4.78 is 28.8. The third-order valence-electron chi connectivity index (χ3n) is 6.27. The number of alkyl halides is 2. The third-order valence-corrected chi connectivity index (χ3v) is 6.27. The fourth-order valence-electron chi connectivity index (χ4n) is 4.43. The van der Waals surface area contributed by atoms with Gasteiger partial charge in [-0.1, -0.05) is 0 Å². The summed E-state index contributed by atoms with van der Waals surface area (Å²) in [5.41, 5.74) is 2.06. The van der Waals surface area contributed by atoms with Crippen molar-refractivity contribution in [2.45, 2.75) is 70.3 Å². The van der Waals surface area contributed by atoms with Gasteiger partial charge in [-0.2, -0.15) is 5.10 Å². The summed E-state index contributed by atoms with van der Waals surface area (Å²) in [4.78, 5) is 18.3. The van der Waals surface area contributed by atoms with E-state index >= 15 is 0 Å². The molecule has 0 bridgehead atoms. The molecule has 0 spiro atoms. The summed E-state index contributed by atoms with van der Waals surface area (Å²) in [5, 5.41) is 7.88. The van der Waals surface area contributed by atoms with E-state index < -0.39 is 5.92 Å². The number of carbonyl (C=O) groups excluding carboxylic acids is 1. The molecule has 1 N–H and O–H groups in total. The average molecular weight is 418 g/mol. The predicted octanol–water partition coefficient (Wildman–Crippen LogP) is 4.29. The van der Waals surface area contributed by atoms with Crippen LogP contribution in [0.5, 0.6) is 0 Å². The van der Waals surface area contributed by atoms with E-state index in [9.17, 15) is 13.6 Å². The maximum atomic E-state index is 13.5. The van der Waals surface area contributed by atoms with Crippen LogP contribution in [0.1, 0.15) is 62.6 Å². The van der Waals surface area contributed by atoms with Gasteiger partial charge in [-0.25, -0.2) is 18.4 Å². The summed E-state index contributed by atoms with van der Waals surface area (Å²) >= 11 is 0. The van der Waals surface area contributed by atoms with Crippen LogP contribution in [0, 0.1) is 6.92 Å². The second-order valence-corrected chi connectivity index (χ2v) is 8.60. The number of aryl methyl sites for hydroxylation is 1. The highest BCUT2D eigenvalue weighted by atomic mass is 19.3. The van der Waals surface area contributed by atoms with Crippen molar-refractivity contribution in [3.63, 3.8) is 0 Å². The number of likely N-dealkylation sites (tertiary alicyclic amines) is 1. The Bertz CT molecular complexity index is 895. The highest BCUT2D eigenvalue weighted by molar-refractivity contribution is 5.73. The summed E-state index contributed by atoms with van der Waals surface area (Å²) in [6.07, 6.45) is 4.38. The second-order valence-electron chi connectivity index (χ2n) is 8.60. The lowest BCUT2D eigenvalue weighted by atomic mass is 9.89. The fourth-order valence-corrected chi connectivity index (χ4v) is 4.43. The molecule has 1 amide bonds. The van der Waals surface area contributed by atoms with Crippen LogP contribution >= 0.6 is 0 Å². The number of carbonyl (C=O) groups is 1. The van der Waals surface area contributed by atoms with Gasteiger partial charge in [0.2, 0.25) is 11.8 Å². The number of rotatable bonds is 4. The van der Waals surface area contributed by atoms with Crippen molar-refractivity contribution in [3.05, 3.63) is 35.7 Å². The minimum atomic E-state index is -2.55. The van der Waals surface area contributed by atoms with E-state index in [0.717, 1.165) is 43.0 Å². The quantitative estimate of drug-likeness (QED) is 0.806. The molecule has 2 fully saturated rings. The SMILES string of the molecule is CC(=O)N1CCC(c2cc(NC3CCC(F)(F)CC3)nc(-n3ccc(C)n3)c2)CC1. The standard InChI is InChI=1S/C22H29F2N5O/c1-15-5-12-29(27-15)21-14-18(17-6-10-28(11-7-17)16(2)30)13-20(26-21)25-19-3-8-22(23,24)9-4-19/h5,12-14,17,19H,3-4,6-11H2,1-2H3,(H,25,26). The molecule has 0 atom stereocenters. The molecule has 6 nitrogen and oxygen atoms in total. The number of hydrogen-bond acceptors (Lipinski definition) is 4. The van der Waals surface area contributed by atoms with Crippen molar-refractivity contribution < 1.29 is 13.6 Å². The molecule has 2 aromatic rings. The molecule has 1 aliphatic carbocycles. The van der Waals surface area contributed by atoms with Crippen molar-refractivity contribution in [2.75, 3.05) is 18.4 Å². The number of aromatic nitrogens is 3. The molecule has 1 aliphatic heterocycles. The van der Waals surface area contributed by atoms with Gasteiger partial charge in [-0.15, -0.1) is 0 Å². The molecule has 1 saturated carbocycles. The van der Waals surface area contributed by atoms with E-state index in [2.05, 4.69) is 16.5 Å². The Morgan fingerprint density at radius 2 is 1.87 bits per heavy atom. The third kappa shape index (κ3) is 4.79. The molecule has 30 heavy (non-hydrogen) atoms. The number of nitrogens with zero attached hydrogens (tertiary/aromatic N) is 4. The first kappa shape index (κ1) is 20.8. The Balaban J connectivity index is 1.56. The zero-order valence-electron chi connectivity index (χ0n) is 17.6. The normalized spacial score (nSPS) is 20.3. The summed E-state index contributed by atoms with van der Waals surface area (Å²) in [5.74, 6) is -0.670. The number of halogens is 2. The predicted molar refractivity (Wildman–Crippen MR) is 111 cm³/mol. The molecule has 1 saturated heterocycles. The molecule has 2 aliphatic rings. The molecule has 3 heterocycles. The summed E-state index contributed by atoms with van der Waals surface area (Å²) in [6, 6.07) is 6.02. The van der Waals surface area contributed by atoms with Crippen LogP contribution in [0.3, 0.4) is 0 Å². The molecule has 0 unspecified atom stereocenters. The minimum absolute atomic E-state index is 0.000794. The van der Waals surface area contributed by atoms with Crippen molar-refractivity contribution >= 4 is 11.7 Å². The van der Waals surface area contributed by atoms with Gasteiger partial charge in [0.25, 0.3) is 0 Å². The molecular weight excluding hydrogens is 388 g/mol. The highest BCUT2D eigenvalue weighted by Crippen LogP contribution is 2.35. The molecule has 2 aromatic heterocycles. The zero-order chi connectivity index (χ0) is 21.3. The lowest BCUT2D eigenvalue weighted by molar-refractivity contribution is -0.129. The Morgan fingerprint density at radius 3 is 2.47 bits per heavy atom. The lowest BCUT2D eigenvalue weighted by Crippen LogP contribution is -2.36. The first-order valence-corrected chi connectivity index (χ1v) is 10.7. The van der Waals surface area contributed by atoms with Crippen LogP contribution in [-0.4, -0.2) is 50.6 Å². The monoisotopic (exact) mass is 417 g/mol. The van der Waals surface area contributed by atoms with Crippen LogP contribution in [0.15, 0.2) is 24.4 Å². The van der Waals surface area contributed by atoms with E-state index in [1.807, 2.05) is 30.2 Å². The fraction of sp³-hybridized carbons (Fsp3) is 0.591. The maximum Gasteiger partial charge on any atom is 0.248 e. The van der Waals surface area contributed by atoms with Gasteiger partial charge < -0.3 is 10.2 Å². The maximum absolute atomic E-state index is 13.5. The Morgan fingerprint density at radius 1 is 1.17 bits per heavy atom. The van der Waals surface area contributed by atoms with Crippen LogP contribution in [0.2, 0.25) is 0 Å². The Kier molecular flexibility index (Phi) is 5.75. The van der Waals surface area contributed by atoms with E-state index in [0.29, 0.717) is 24.6 Å². The van der Waals surface area contributed by atoms with E-state index in [1.54, 1.807) is 11.6 Å². The number of nitrogens with one attached hydrogen (secondary N) is 1. The van der Waals surface area contributed by atoms with Gasteiger partial charge in [0.05, 0.1) is 5.69 Å². The van der Waals surface area contributed by atoms with Gasteiger partial charge in [0, 0.05) is 45.1 Å². The Labute approximate surface area is 175 Å². The average Bonchev–Trinajstić information content (AvgIpc) is 3.16. The van der Waals surface area contributed by atoms with Crippen molar-refractivity contribution in [3.8, 4) is 5.82 Å². The molecule has 8 heteroatoms. The summed E-state index contributed by atoms with van der Waals surface area (Å²) in [6.45, 7) is 5.04. The number of hydrogen-bond donors (Lipinski definition) is 1. The van der Waals surface area contributed by atoms with E-state index in [-0.39, 0.29) is 24.8 Å². The highest BCUT2D eigenvalue weighted by Gasteiger charge is 2.35. The molecule has 4 rings (SSSR count). The van der Waals surface area contributed by atoms with Crippen LogP contribution in [0.4, 0.5) is 14.6 Å². The van der Waals surface area contributed by atoms with Crippen LogP contribution in [0.25, 0.3) is 5.82 Å². The molecule has 0 aromatic carbocycles. The first-order valence-electron chi connectivity index (χ1n) is 10.7. The molecule has 162 valence electrons. The second kappa shape index (κ2) is 8.32. The van der Waals surface area contributed by atoms with E-state index in [1.165, 1.54) is 0 Å². The van der Waals surface area contributed by atoms with Gasteiger partial charge in [0.1, 0.15) is 5.82 Å². The first-order chi connectivity index (χ1) is 14.3. The summed E-state index contributed by atoms with van der Waals surface area (Å²) in [7, 11) is 0. The molecule has 0 radical (unpaired) electrons. The van der Waals surface area contributed by atoms with Crippen LogP contribution < -0.4 is 5.32 Å². The largest absolute Gasteiger partial charge is 0.367 e. The smallest absolute Gasteiger partial charge is 0.248 e. The topological polar surface area (TPSA) is 63.1 Å². The number of pyridine rings is 1. The lowest BCUT2D eigenvalue weighted by Gasteiger charge is -2.32. The van der Waals surface area contributed by atoms with Gasteiger partial charge in [-0.3, -0.25) is 4.79 Å². The zero-order valence-corrected chi connectivity index (χ0v) is 17.6. The number of piperidine rings is 1. The number of anilines is 1. The van der Waals surface area contributed by atoms with Gasteiger partial charge in [0.15, 0.2) is 5.82 Å². The van der Waals surface area contributed by atoms with Crippen molar-refractivity contribution in [1.82, 2.24) is 19.7 Å². The van der Waals surface area contributed by atoms with Crippen LogP contribution in [-0.2, 0) is 4.79 Å². The van der Waals surface area contributed by atoms with Crippen molar-refractivity contribution in [2.24, 2.45) is 0 Å². The minimum Gasteiger partial charge on any atom is -0.367 e. The van der Waals surface area contributed by atoms with Gasteiger partial charge >= 0.3 is 0 Å². The van der Waals surface area contributed by atoms with Gasteiger partial charge in [-0.05, 0) is 62.3 Å². The molecular formula is C22H29F2N5O. The van der Waals surface area contributed by atoms with E-state index in [4.69, 9.17) is 4.98 Å². The number of amides is 1. The van der Waals surface area contributed by atoms with Crippen molar-refractivity contribution in [1.29, 1.82) is 0 Å². The Hall–Kier alpha value is -2.51.